The van der Waals surface area contributed by atoms with E-state index >= 15 is 0 Å². The van der Waals surface area contributed by atoms with E-state index in [0.717, 1.165) is 0 Å². The zero-order chi connectivity index (χ0) is 11.0. The monoisotopic (exact) mass is 217 g/mol. The van der Waals surface area contributed by atoms with E-state index in [9.17, 15) is 0 Å². The van der Waals surface area contributed by atoms with Crippen molar-refractivity contribution in [1.82, 2.24) is 5.06 Å². The van der Waals surface area contributed by atoms with Crippen LogP contribution in [-0.2, 0) is 4.84 Å². The van der Waals surface area contributed by atoms with Gasteiger partial charge in [0.1, 0.15) is 0 Å². The largest absolute Gasteiger partial charge is 0.295 e. The van der Waals surface area contributed by atoms with Crippen LogP contribution in [-0.4, -0.2) is 18.2 Å². The Morgan fingerprint density at radius 2 is 1.88 bits per heavy atom. The molecule has 0 N–H and O–H groups in total. The molecule has 1 saturated carbocycles. The summed E-state index contributed by atoms with van der Waals surface area (Å²) in [6, 6.07) is 11.2. The molecule has 1 aromatic rings. The van der Waals surface area contributed by atoms with E-state index in [2.05, 4.69) is 42.4 Å². The van der Waals surface area contributed by atoms with Gasteiger partial charge in [0.05, 0.1) is 12.1 Å². The van der Waals surface area contributed by atoms with Crippen LogP contribution in [0.1, 0.15) is 37.3 Å². The Labute approximate surface area is 97.2 Å². The summed E-state index contributed by atoms with van der Waals surface area (Å²) < 4.78 is 0. The smallest absolute Gasteiger partial charge is 0.0840 e. The van der Waals surface area contributed by atoms with Gasteiger partial charge in [-0.05, 0) is 18.4 Å². The number of hydrogen-bond donors (Lipinski definition) is 0. The lowest BCUT2D eigenvalue weighted by atomic mass is 9.80. The Morgan fingerprint density at radius 1 is 1.12 bits per heavy atom. The molecule has 3 atom stereocenters. The Kier molecular flexibility index (Phi) is 2.70. The Hall–Kier alpha value is -0.860. The van der Waals surface area contributed by atoms with Crippen LogP contribution in [0.4, 0.5) is 0 Å². The second-order valence-electron chi connectivity index (χ2n) is 4.99. The van der Waals surface area contributed by atoms with E-state index in [-0.39, 0.29) is 0 Å². The van der Waals surface area contributed by atoms with Gasteiger partial charge < -0.3 is 0 Å². The van der Waals surface area contributed by atoms with Crippen molar-refractivity contribution in [2.75, 3.05) is 7.05 Å². The molecule has 3 rings (SSSR count). The first-order valence-electron chi connectivity index (χ1n) is 6.31. The first-order chi connectivity index (χ1) is 7.86. The highest BCUT2D eigenvalue weighted by Gasteiger charge is 2.42. The molecule has 86 valence electrons. The van der Waals surface area contributed by atoms with Crippen LogP contribution in [0.2, 0.25) is 0 Å². The molecule has 0 unspecified atom stereocenters. The van der Waals surface area contributed by atoms with Gasteiger partial charge in [-0.15, -0.1) is 0 Å². The number of benzene rings is 1. The van der Waals surface area contributed by atoms with Gasteiger partial charge in [-0.1, -0.05) is 43.2 Å². The van der Waals surface area contributed by atoms with E-state index in [1.807, 2.05) is 0 Å². The van der Waals surface area contributed by atoms with Crippen LogP contribution in [0.5, 0.6) is 0 Å². The number of fused-ring (bicyclic) bond motifs is 1. The van der Waals surface area contributed by atoms with E-state index in [1.165, 1.54) is 31.2 Å². The summed E-state index contributed by atoms with van der Waals surface area (Å²) in [6.07, 6.45) is 5.70. The average Bonchev–Trinajstić information content (AvgIpc) is 2.66. The second kappa shape index (κ2) is 4.19. The zero-order valence-corrected chi connectivity index (χ0v) is 9.80. The lowest BCUT2D eigenvalue weighted by molar-refractivity contribution is -0.147. The fourth-order valence-corrected chi connectivity index (χ4v) is 3.27. The van der Waals surface area contributed by atoms with Crippen molar-refractivity contribution in [1.29, 1.82) is 0 Å². The van der Waals surface area contributed by atoms with Crippen molar-refractivity contribution in [3.8, 4) is 0 Å². The minimum absolute atomic E-state index is 0.462. The maximum Gasteiger partial charge on any atom is 0.0840 e. The second-order valence-corrected chi connectivity index (χ2v) is 4.99. The van der Waals surface area contributed by atoms with Crippen LogP contribution in [0.15, 0.2) is 30.3 Å². The first-order valence-corrected chi connectivity index (χ1v) is 6.31. The third-order valence-electron chi connectivity index (χ3n) is 3.99. The van der Waals surface area contributed by atoms with Gasteiger partial charge in [-0.2, -0.15) is 5.06 Å². The normalized spacial score (nSPS) is 34.9. The van der Waals surface area contributed by atoms with Crippen molar-refractivity contribution in [3.63, 3.8) is 0 Å². The summed E-state index contributed by atoms with van der Waals surface area (Å²) in [5, 5.41) is 2.08. The lowest BCUT2D eigenvalue weighted by Gasteiger charge is -2.26. The van der Waals surface area contributed by atoms with Gasteiger partial charge in [0.25, 0.3) is 0 Å². The third-order valence-corrected chi connectivity index (χ3v) is 3.99. The molecule has 2 aliphatic rings. The molecule has 0 aromatic heterocycles. The van der Waals surface area contributed by atoms with Crippen molar-refractivity contribution >= 4 is 0 Å². The maximum atomic E-state index is 5.97. The maximum absolute atomic E-state index is 5.97. The molecular formula is C14H19NO. The molecule has 2 heteroatoms. The lowest BCUT2D eigenvalue weighted by Crippen LogP contribution is -2.24. The molecule has 1 aliphatic carbocycles. The highest BCUT2D eigenvalue weighted by Crippen LogP contribution is 2.44. The molecule has 1 aromatic carbocycles. The quantitative estimate of drug-likeness (QED) is 0.716. The van der Waals surface area contributed by atoms with Crippen LogP contribution < -0.4 is 0 Å². The molecule has 1 saturated heterocycles. The Bertz CT molecular complexity index is 351. The topological polar surface area (TPSA) is 12.5 Å². The summed E-state index contributed by atoms with van der Waals surface area (Å²) in [5.74, 6) is 0.696. The Morgan fingerprint density at radius 3 is 2.69 bits per heavy atom. The van der Waals surface area contributed by atoms with Gasteiger partial charge in [0.15, 0.2) is 0 Å². The molecule has 0 spiro atoms. The van der Waals surface area contributed by atoms with E-state index in [0.29, 0.717) is 18.1 Å². The van der Waals surface area contributed by atoms with Gasteiger partial charge in [-0.25, -0.2) is 0 Å². The molecule has 2 nitrogen and oxygen atoms in total. The van der Waals surface area contributed by atoms with Crippen LogP contribution >= 0.6 is 0 Å². The highest BCUT2D eigenvalue weighted by molar-refractivity contribution is 5.21. The predicted octanol–water partition coefficient (Wildman–Crippen LogP) is 3.16. The minimum atomic E-state index is 0.462. The van der Waals surface area contributed by atoms with Crippen molar-refractivity contribution in [2.24, 2.45) is 5.92 Å². The molecule has 2 fully saturated rings. The van der Waals surface area contributed by atoms with E-state index < -0.39 is 0 Å². The van der Waals surface area contributed by atoms with Gasteiger partial charge in [0.2, 0.25) is 0 Å². The van der Waals surface area contributed by atoms with E-state index in [1.54, 1.807) is 0 Å². The van der Waals surface area contributed by atoms with Crippen molar-refractivity contribution < 1.29 is 4.84 Å². The van der Waals surface area contributed by atoms with Crippen molar-refractivity contribution in [2.45, 2.75) is 37.8 Å². The molecule has 0 radical (unpaired) electrons. The van der Waals surface area contributed by atoms with Gasteiger partial charge in [-0.3, -0.25) is 4.84 Å². The third kappa shape index (κ3) is 1.66. The SMILES string of the molecule is CN1O[C@@H]2CCCC[C@H]2[C@@H]1c1ccccc1. The molecule has 16 heavy (non-hydrogen) atoms. The van der Waals surface area contributed by atoms with Gasteiger partial charge in [0, 0.05) is 13.0 Å². The highest BCUT2D eigenvalue weighted by atomic mass is 16.7. The fraction of sp³-hybridized carbons (Fsp3) is 0.571. The summed E-state index contributed by atoms with van der Waals surface area (Å²) in [7, 11) is 2.08. The van der Waals surface area contributed by atoms with E-state index in [4.69, 9.17) is 4.84 Å². The Balaban J connectivity index is 1.88. The zero-order valence-electron chi connectivity index (χ0n) is 9.80. The molecule has 1 aliphatic heterocycles. The van der Waals surface area contributed by atoms with Gasteiger partial charge >= 0.3 is 0 Å². The molecule has 0 amide bonds. The number of nitrogens with zero attached hydrogens (tertiary/aromatic N) is 1. The average molecular weight is 217 g/mol. The number of hydroxylamine groups is 2. The summed E-state index contributed by atoms with van der Waals surface area (Å²) >= 11 is 0. The number of hydrogen-bond acceptors (Lipinski definition) is 2. The molecule has 1 heterocycles. The predicted molar refractivity (Wildman–Crippen MR) is 63.8 cm³/mol. The van der Waals surface area contributed by atoms with Crippen LogP contribution in [0.25, 0.3) is 0 Å². The summed E-state index contributed by atoms with van der Waals surface area (Å²) in [6.45, 7) is 0. The van der Waals surface area contributed by atoms with Crippen LogP contribution in [0.3, 0.4) is 0 Å². The minimum Gasteiger partial charge on any atom is -0.295 e. The molecule has 0 bridgehead atoms. The summed E-state index contributed by atoms with van der Waals surface area (Å²) in [4.78, 5) is 5.97. The number of rotatable bonds is 1. The fourth-order valence-electron chi connectivity index (χ4n) is 3.27. The van der Waals surface area contributed by atoms with Crippen molar-refractivity contribution in [3.05, 3.63) is 35.9 Å². The summed E-state index contributed by atoms with van der Waals surface area (Å²) in [5.41, 5.74) is 1.40. The standard InChI is InChI=1S/C14H19NO/c1-15-14(11-7-3-2-4-8-11)12-9-5-6-10-13(12)16-15/h2-4,7-8,12-14H,5-6,9-10H2,1H3/t12-,13-,14+/m1/s1. The first kappa shape index (κ1) is 10.3. The van der Waals surface area contributed by atoms with Crippen LogP contribution in [0, 0.1) is 5.92 Å². The molecular weight excluding hydrogens is 198 g/mol.